The van der Waals surface area contributed by atoms with E-state index in [4.69, 9.17) is 0 Å². The van der Waals surface area contributed by atoms with Crippen molar-refractivity contribution in [2.24, 2.45) is 0 Å². The molecule has 0 aromatic heterocycles. The second kappa shape index (κ2) is 10.6. The van der Waals surface area contributed by atoms with Crippen LogP contribution in [-0.2, 0) is 21.2 Å². The molecular weight excluding hydrogens is 450 g/mol. The topological polar surface area (TPSA) is 95.6 Å². The summed E-state index contributed by atoms with van der Waals surface area (Å²) in [6.45, 7) is 1.09. The van der Waals surface area contributed by atoms with Crippen molar-refractivity contribution in [3.05, 3.63) is 90.0 Å². The Labute approximate surface area is 199 Å². The molecule has 0 spiro atoms. The minimum absolute atomic E-state index is 0.136. The third-order valence-corrected chi connectivity index (χ3v) is 7.62. The predicted octanol–water partition coefficient (Wildman–Crippen LogP) is 4.29. The summed E-state index contributed by atoms with van der Waals surface area (Å²) in [6, 6.07) is 22.3. The van der Waals surface area contributed by atoms with Crippen LogP contribution in [0.3, 0.4) is 0 Å². The Bertz CT molecular complexity index is 1240. The number of rotatable bonds is 7. The lowest BCUT2D eigenvalue weighted by Gasteiger charge is -2.25. The fraction of sp³-hybridized carbons (Fsp3) is 0.231. The first-order valence-corrected chi connectivity index (χ1v) is 12.7. The van der Waals surface area contributed by atoms with Crippen molar-refractivity contribution in [1.29, 1.82) is 0 Å². The number of amides is 2. The van der Waals surface area contributed by atoms with Crippen LogP contribution in [0.1, 0.15) is 35.2 Å². The van der Waals surface area contributed by atoms with Gasteiger partial charge in [-0.15, -0.1) is 0 Å². The van der Waals surface area contributed by atoms with Crippen molar-refractivity contribution >= 4 is 33.2 Å². The maximum Gasteiger partial charge on any atom is 0.255 e. The van der Waals surface area contributed by atoms with Crippen LogP contribution in [0.2, 0.25) is 0 Å². The van der Waals surface area contributed by atoms with Gasteiger partial charge in [0.2, 0.25) is 15.9 Å². The van der Waals surface area contributed by atoms with Crippen LogP contribution in [0.5, 0.6) is 0 Å². The van der Waals surface area contributed by atoms with E-state index in [1.165, 1.54) is 16.4 Å². The number of benzene rings is 3. The molecule has 2 N–H and O–H groups in total. The lowest BCUT2D eigenvalue weighted by atomic mass is 10.1. The Balaban J connectivity index is 1.34. The minimum atomic E-state index is -3.51. The first-order valence-electron chi connectivity index (χ1n) is 11.3. The van der Waals surface area contributed by atoms with E-state index in [9.17, 15) is 18.0 Å². The average molecular weight is 478 g/mol. The molecule has 1 aliphatic rings. The van der Waals surface area contributed by atoms with Gasteiger partial charge in [0.15, 0.2) is 0 Å². The van der Waals surface area contributed by atoms with Gasteiger partial charge in [0.05, 0.1) is 11.3 Å². The van der Waals surface area contributed by atoms with Gasteiger partial charge in [-0.25, -0.2) is 8.42 Å². The highest BCUT2D eigenvalue weighted by Gasteiger charge is 2.25. The molecule has 0 atom stereocenters. The molecular formula is C26H27N3O4S. The highest BCUT2D eigenvalue weighted by atomic mass is 32.2. The number of nitrogens with one attached hydrogen (secondary N) is 2. The maximum absolute atomic E-state index is 12.8. The van der Waals surface area contributed by atoms with Crippen molar-refractivity contribution in [3.63, 3.8) is 0 Å². The number of sulfonamides is 1. The van der Waals surface area contributed by atoms with Crippen molar-refractivity contribution < 1.29 is 18.0 Å². The molecule has 34 heavy (non-hydrogen) atoms. The summed E-state index contributed by atoms with van der Waals surface area (Å²) >= 11 is 0. The highest BCUT2D eigenvalue weighted by Crippen LogP contribution is 2.22. The van der Waals surface area contributed by atoms with Gasteiger partial charge in [-0.3, -0.25) is 9.59 Å². The molecule has 0 aliphatic carbocycles. The highest BCUT2D eigenvalue weighted by molar-refractivity contribution is 7.89. The molecule has 7 nitrogen and oxygen atoms in total. The largest absolute Gasteiger partial charge is 0.326 e. The van der Waals surface area contributed by atoms with E-state index in [0.717, 1.165) is 24.8 Å². The van der Waals surface area contributed by atoms with Crippen LogP contribution < -0.4 is 10.6 Å². The van der Waals surface area contributed by atoms with Gasteiger partial charge in [0.25, 0.3) is 5.91 Å². The second-order valence-electron chi connectivity index (χ2n) is 8.23. The fourth-order valence-electron chi connectivity index (χ4n) is 3.86. The van der Waals surface area contributed by atoms with Crippen LogP contribution in [0.15, 0.2) is 83.8 Å². The van der Waals surface area contributed by atoms with Crippen molar-refractivity contribution in [2.45, 2.75) is 30.6 Å². The Morgan fingerprint density at radius 3 is 1.97 bits per heavy atom. The summed E-state index contributed by atoms with van der Waals surface area (Å²) in [5, 5.41) is 5.60. The normalized spacial score (nSPS) is 14.4. The van der Waals surface area contributed by atoms with Gasteiger partial charge in [0.1, 0.15) is 0 Å². The van der Waals surface area contributed by atoms with E-state index in [1.807, 2.05) is 30.3 Å². The molecule has 176 valence electrons. The second-order valence-corrected chi connectivity index (χ2v) is 10.2. The third kappa shape index (κ3) is 5.89. The molecule has 2 amide bonds. The number of piperidine rings is 1. The molecule has 8 heteroatoms. The number of carbonyl (C=O) groups is 2. The van der Waals surface area contributed by atoms with Gasteiger partial charge in [-0.1, -0.05) is 36.8 Å². The van der Waals surface area contributed by atoms with E-state index < -0.39 is 10.0 Å². The molecule has 0 saturated carbocycles. The fourth-order valence-corrected chi connectivity index (χ4v) is 5.38. The summed E-state index contributed by atoms with van der Waals surface area (Å²) in [5.74, 6) is -0.461. The number of hydrogen-bond acceptors (Lipinski definition) is 4. The molecule has 0 unspecified atom stereocenters. The molecule has 1 heterocycles. The van der Waals surface area contributed by atoms with Gasteiger partial charge >= 0.3 is 0 Å². The van der Waals surface area contributed by atoms with Gasteiger partial charge in [0, 0.05) is 30.0 Å². The quantitative estimate of drug-likeness (QED) is 0.531. The predicted molar refractivity (Wildman–Crippen MR) is 132 cm³/mol. The lowest BCUT2D eigenvalue weighted by molar-refractivity contribution is -0.115. The molecule has 3 aromatic rings. The molecule has 4 rings (SSSR count). The third-order valence-electron chi connectivity index (χ3n) is 5.70. The average Bonchev–Trinajstić information content (AvgIpc) is 2.86. The number of carbonyl (C=O) groups excluding carboxylic acids is 2. The van der Waals surface area contributed by atoms with Gasteiger partial charge in [-0.05, 0) is 66.9 Å². The van der Waals surface area contributed by atoms with E-state index >= 15 is 0 Å². The van der Waals surface area contributed by atoms with Crippen LogP contribution in [-0.4, -0.2) is 37.6 Å². The SMILES string of the molecule is O=C(Cc1ccccc1)Nc1ccc(C(=O)Nc2ccc(S(=O)(=O)N3CCCCC3)cc2)cc1. The zero-order valence-electron chi connectivity index (χ0n) is 18.7. The van der Waals surface area contributed by atoms with Crippen molar-refractivity contribution in [2.75, 3.05) is 23.7 Å². The Morgan fingerprint density at radius 2 is 1.32 bits per heavy atom. The Kier molecular flexibility index (Phi) is 7.40. The summed E-state index contributed by atoms with van der Waals surface area (Å²) in [4.78, 5) is 25.0. The molecule has 3 aromatic carbocycles. The standard InChI is InChI=1S/C26H27N3O4S/c30-25(19-20-7-3-1-4-8-20)27-22-11-9-21(10-12-22)26(31)28-23-13-15-24(16-14-23)34(32,33)29-17-5-2-6-18-29/h1,3-4,7-16H,2,5-6,17-19H2,(H,27,30)(H,28,31). The summed E-state index contributed by atoms with van der Waals surface area (Å²) in [6.07, 6.45) is 3.08. The van der Waals surface area contributed by atoms with E-state index in [2.05, 4.69) is 10.6 Å². The Hall–Kier alpha value is -3.49. The van der Waals surface area contributed by atoms with Crippen LogP contribution in [0.4, 0.5) is 11.4 Å². The number of anilines is 2. The summed E-state index contributed by atoms with van der Waals surface area (Å²) < 4.78 is 27.0. The molecule has 1 fully saturated rings. The zero-order chi connectivity index (χ0) is 24.0. The summed E-state index contributed by atoms with van der Waals surface area (Å²) in [7, 11) is -3.51. The molecule has 1 aliphatic heterocycles. The lowest BCUT2D eigenvalue weighted by Crippen LogP contribution is -2.35. The Morgan fingerprint density at radius 1 is 0.735 bits per heavy atom. The first kappa shape index (κ1) is 23.7. The zero-order valence-corrected chi connectivity index (χ0v) is 19.6. The van der Waals surface area contributed by atoms with Gasteiger partial charge < -0.3 is 10.6 Å². The van der Waals surface area contributed by atoms with Crippen LogP contribution >= 0.6 is 0 Å². The molecule has 1 saturated heterocycles. The van der Waals surface area contributed by atoms with E-state index in [-0.39, 0.29) is 23.1 Å². The van der Waals surface area contributed by atoms with Crippen LogP contribution in [0.25, 0.3) is 0 Å². The molecule has 0 bridgehead atoms. The first-order chi connectivity index (χ1) is 16.4. The minimum Gasteiger partial charge on any atom is -0.326 e. The molecule has 0 radical (unpaired) electrons. The van der Waals surface area contributed by atoms with Gasteiger partial charge in [-0.2, -0.15) is 4.31 Å². The maximum atomic E-state index is 12.8. The van der Waals surface area contributed by atoms with E-state index in [0.29, 0.717) is 30.0 Å². The van der Waals surface area contributed by atoms with Crippen molar-refractivity contribution in [1.82, 2.24) is 4.31 Å². The monoisotopic (exact) mass is 477 g/mol. The number of nitrogens with zero attached hydrogens (tertiary/aromatic N) is 1. The van der Waals surface area contributed by atoms with Crippen LogP contribution in [0, 0.1) is 0 Å². The smallest absolute Gasteiger partial charge is 0.255 e. The van der Waals surface area contributed by atoms with Crippen molar-refractivity contribution in [3.8, 4) is 0 Å². The number of hydrogen-bond donors (Lipinski definition) is 2. The summed E-state index contributed by atoms with van der Waals surface area (Å²) in [5.41, 5.74) is 2.45. The van der Waals surface area contributed by atoms with E-state index in [1.54, 1.807) is 36.4 Å².